The average Bonchev–Trinajstić information content (AvgIpc) is 2.28. The molecule has 0 heterocycles. The molecule has 0 aliphatic rings. The van der Waals surface area contributed by atoms with Crippen molar-refractivity contribution < 1.29 is 35.5 Å². The van der Waals surface area contributed by atoms with Crippen molar-refractivity contribution in [1.29, 1.82) is 0 Å². The first kappa shape index (κ1) is 17.3. The minimum Gasteiger partial charge on any atom is -0.318 e. The topological polar surface area (TPSA) is 41.1 Å². The number of hydrogen-bond acceptors (Lipinski definition) is 1. The van der Waals surface area contributed by atoms with Crippen molar-refractivity contribution in [2.24, 2.45) is 0 Å². The third-order valence-corrected chi connectivity index (χ3v) is 2.40. The predicted molar refractivity (Wildman–Crippen MR) is 59.5 cm³/mol. The normalized spacial score (nSPS) is 12.4. The second-order valence-electron chi connectivity index (χ2n) is 3.74. The molecule has 1 aromatic carbocycles. The van der Waals surface area contributed by atoms with Crippen molar-refractivity contribution in [3.63, 3.8) is 0 Å². The van der Waals surface area contributed by atoms with Crippen LogP contribution in [0.15, 0.2) is 18.2 Å². The Labute approximate surface area is 118 Å². The standard InChI is InChI=1S/C10H6ClF7N2O/c11-5-3-4(1-2-6(5)12)19-8(21)20-7(9(13,14)15)10(16,17)18/h1-3,7H,(H2,19,20,21). The zero-order valence-electron chi connectivity index (χ0n) is 9.74. The summed E-state index contributed by atoms with van der Waals surface area (Å²) in [6.45, 7) is 0. The Morgan fingerprint density at radius 1 is 1.10 bits per heavy atom. The number of alkyl halides is 6. The zero-order chi connectivity index (χ0) is 16.4. The van der Waals surface area contributed by atoms with Crippen molar-refractivity contribution in [2.45, 2.75) is 18.4 Å². The van der Waals surface area contributed by atoms with Crippen LogP contribution >= 0.6 is 11.6 Å². The van der Waals surface area contributed by atoms with Gasteiger partial charge in [-0.3, -0.25) is 0 Å². The highest BCUT2D eigenvalue weighted by atomic mass is 35.5. The smallest absolute Gasteiger partial charge is 0.318 e. The summed E-state index contributed by atoms with van der Waals surface area (Å²) in [7, 11) is 0. The summed E-state index contributed by atoms with van der Waals surface area (Å²) < 4.78 is 86.0. The minimum absolute atomic E-state index is 0.276. The van der Waals surface area contributed by atoms with E-state index in [1.807, 2.05) is 0 Å². The first-order valence-electron chi connectivity index (χ1n) is 5.07. The van der Waals surface area contributed by atoms with Gasteiger partial charge in [0, 0.05) is 5.69 Å². The molecule has 0 saturated heterocycles. The molecule has 0 fully saturated rings. The van der Waals surface area contributed by atoms with Gasteiger partial charge in [-0.05, 0) is 18.2 Å². The predicted octanol–water partition coefficient (Wildman–Crippen LogP) is 4.09. The number of urea groups is 1. The van der Waals surface area contributed by atoms with E-state index in [1.54, 1.807) is 5.32 Å². The molecule has 0 aromatic heterocycles. The average molecular weight is 339 g/mol. The highest BCUT2D eigenvalue weighted by molar-refractivity contribution is 6.31. The fraction of sp³-hybridized carbons (Fsp3) is 0.300. The van der Waals surface area contributed by atoms with Crippen molar-refractivity contribution in [1.82, 2.24) is 5.32 Å². The van der Waals surface area contributed by atoms with Crippen LogP contribution in [0.3, 0.4) is 0 Å². The summed E-state index contributed by atoms with van der Waals surface area (Å²) in [4.78, 5) is 11.2. The molecule has 0 unspecified atom stereocenters. The summed E-state index contributed by atoms with van der Waals surface area (Å²) in [5, 5.41) is 1.96. The van der Waals surface area contributed by atoms with Gasteiger partial charge in [0.05, 0.1) is 5.02 Å². The molecule has 0 aliphatic carbocycles. The lowest BCUT2D eigenvalue weighted by atomic mass is 10.3. The lowest BCUT2D eigenvalue weighted by molar-refractivity contribution is -0.255. The number of hydrogen-bond donors (Lipinski definition) is 2. The number of rotatable bonds is 2. The van der Waals surface area contributed by atoms with Gasteiger partial charge in [0.15, 0.2) is 0 Å². The van der Waals surface area contributed by atoms with E-state index in [-0.39, 0.29) is 5.69 Å². The molecule has 0 saturated carbocycles. The van der Waals surface area contributed by atoms with Crippen molar-refractivity contribution in [2.75, 3.05) is 5.32 Å². The number of carbonyl (C=O) groups excluding carboxylic acids is 1. The van der Waals surface area contributed by atoms with Crippen molar-refractivity contribution >= 4 is 23.3 Å². The number of benzene rings is 1. The maximum atomic E-state index is 12.8. The van der Waals surface area contributed by atoms with Gasteiger partial charge in [-0.25, -0.2) is 9.18 Å². The molecule has 3 nitrogen and oxygen atoms in total. The SMILES string of the molecule is O=C(Nc1ccc(F)c(Cl)c1)NC(C(F)(F)F)C(F)(F)F. The van der Waals surface area contributed by atoms with E-state index in [0.717, 1.165) is 23.5 Å². The molecular formula is C10H6ClF7N2O. The first-order valence-corrected chi connectivity index (χ1v) is 5.45. The summed E-state index contributed by atoms with van der Waals surface area (Å²) in [6.07, 6.45) is -11.4. The molecule has 0 aliphatic heterocycles. The van der Waals surface area contributed by atoms with Crippen LogP contribution < -0.4 is 10.6 Å². The van der Waals surface area contributed by atoms with Crippen LogP contribution in [0.2, 0.25) is 5.02 Å². The number of amides is 2. The van der Waals surface area contributed by atoms with Crippen LogP contribution in [0.25, 0.3) is 0 Å². The molecule has 0 bridgehead atoms. The Morgan fingerprint density at radius 2 is 1.62 bits per heavy atom. The van der Waals surface area contributed by atoms with Crippen molar-refractivity contribution in [3.8, 4) is 0 Å². The second-order valence-corrected chi connectivity index (χ2v) is 4.15. The second kappa shape index (κ2) is 5.96. The van der Waals surface area contributed by atoms with E-state index in [4.69, 9.17) is 11.6 Å². The molecule has 2 N–H and O–H groups in total. The van der Waals surface area contributed by atoms with Gasteiger partial charge in [0.1, 0.15) is 5.82 Å². The van der Waals surface area contributed by atoms with Crippen molar-refractivity contribution in [3.05, 3.63) is 29.0 Å². The summed E-state index contributed by atoms with van der Waals surface area (Å²) in [5.74, 6) is -0.869. The van der Waals surface area contributed by atoms with Crippen LogP contribution in [-0.2, 0) is 0 Å². The van der Waals surface area contributed by atoms with Gasteiger partial charge >= 0.3 is 18.4 Å². The number of carbonyl (C=O) groups is 1. The maximum absolute atomic E-state index is 12.8. The van der Waals surface area contributed by atoms with Gasteiger partial charge in [-0.2, -0.15) is 26.3 Å². The van der Waals surface area contributed by atoms with Gasteiger partial charge in [0.25, 0.3) is 0 Å². The van der Waals surface area contributed by atoms with E-state index in [1.165, 1.54) is 0 Å². The van der Waals surface area contributed by atoms with Gasteiger partial charge in [0.2, 0.25) is 6.04 Å². The lowest BCUT2D eigenvalue weighted by Gasteiger charge is -2.23. The van der Waals surface area contributed by atoms with Crippen LogP contribution in [0.5, 0.6) is 0 Å². The maximum Gasteiger partial charge on any atom is 0.417 e. The molecule has 0 radical (unpaired) electrons. The molecule has 1 aromatic rings. The Kier molecular flexibility index (Phi) is 4.92. The summed E-state index contributed by atoms with van der Waals surface area (Å²) in [5.41, 5.74) is -0.276. The molecule has 21 heavy (non-hydrogen) atoms. The number of nitrogens with one attached hydrogen (secondary N) is 2. The molecule has 0 atom stereocenters. The lowest BCUT2D eigenvalue weighted by Crippen LogP contribution is -2.55. The highest BCUT2D eigenvalue weighted by Crippen LogP contribution is 2.33. The van der Waals surface area contributed by atoms with Crippen LogP contribution in [0, 0.1) is 5.82 Å². The van der Waals surface area contributed by atoms with Gasteiger partial charge < -0.3 is 10.6 Å². The zero-order valence-corrected chi connectivity index (χ0v) is 10.5. The third kappa shape index (κ3) is 4.96. The van der Waals surface area contributed by atoms with E-state index in [0.29, 0.717) is 0 Å². The van der Waals surface area contributed by atoms with E-state index >= 15 is 0 Å². The first-order chi connectivity index (χ1) is 9.41. The fourth-order valence-corrected chi connectivity index (χ4v) is 1.40. The van der Waals surface area contributed by atoms with Crippen LogP contribution in [0.1, 0.15) is 0 Å². The van der Waals surface area contributed by atoms with Gasteiger partial charge in [-0.1, -0.05) is 11.6 Å². The molecule has 0 spiro atoms. The number of anilines is 1. The third-order valence-electron chi connectivity index (χ3n) is 2.11. The van der Waals surface area contributed by atoms with E-state index in [9.17, 15) is 35.5 Å². The van der Waals surface area contributed by atoms with Crippen LogP contribution in [0.4, 0.5) is 41.2 Å². The number of halogens is 8. The molecule has 2 amide bonds. The van der Waals surface area contributed by atoms with Gasteiger partial charge in [-0.15, -0.1) is 0 Å². The Balaban J connectivity index is 2.81. The Bertz CT molecular complexity index is 515. The fourth-order valence-electron chi connectivity index (χ4n) is 1.22. The highest BCUT2D eigenvalue weighted by Gasteiger charge is 2.57. The Morgan fingerprint density at radius 3 is 2.05 bits per heavy atom. The quantitative estimate of drug-likeness (QED) is 0.783. The molecule has 118 valence electrons. The molecule has 11 heteroatoms. The summed E-state index contributed by atoms with van der Waals surface area (Å²) >= 11 is 5.34. The molecular weight excluding hydrogens is 333 g/mol. The van der Waals surface area contributed by atoms with E-state index in [2.05, 4.69) is 0 Å². The monoisotopic (exact) mass is 338 g/mol. The largest absolute Gasteiger partial charge is 0.417 e. The van der Waals surface area contributed by atoms with E-state index < -0.39 is 35.3 Å². The Hall–Kier alpha value is -1.71. The van der Waals surface area contributed by atoms with Crippen LogP contribution in [-0.4, -0.2) is 24.4 Å². The minimum atomic E-state index is -5.71. The summed E-state index contributed by atoms with van der Waals surface area (Å²) in [6, 6.07) is -3.27. The molecule has 1 rings (SSSR count).